The van der Waals surface area contributed by atoms with Gasteiger partial charge in [-0.05, 0) is 25.0 Å². The third kappa shape index (κ3) is 2.36. The van der Waals surface area contributed by atoms with Crippen molar-refractivity contribution in [2.45, 2.75) is 29.7 Å². The SMILES string of the molecule is c1coc(-c2cc(CSc3n[nH]c(C4CC4)n3)no2)c1. The van der Waals surface area contributed by atoms with Gasteiger partial charge in [-0.3, -0.25) is 5.10 Å². The smallest absolute Gasteiger partial charge is 0.208 e. The van der Waals surface area contributed by atoms with Gasteiger partial charge in [0.25, 0.3) is 0 Å². The van der Waals surface area contributed by atoms with Gasteiger partial charge in [-0.25, -0.2) is 4.98 Å². The molecular weight excluding hydrogens is 276 g/mol. The summed E-state index contributed by atoms with van der Waals surface area (Å²) in [6.45, 7) is 0. The second kappa shape index (κ2) is 4.82. The molecular formula is C13H12N4O2S. The van der Waals surface area contributed by atoms with E-state index in [1.807, 2.05) is 18.2 Å². The average Bonchev–Trinajstić information content (AvgIpc) is 2.93. The molecule has 4 rings (SSSR count). The average molecular weight is 288 g/mol. The molecule has 0 unspecified atom stereocenters. The molecule has 7 heteroatoms. The molecule has 0 aliphatic heterocycles. The van der Waals surface area contributed by atoms with Crippen LogP contribution in [-0.2, 0) is 5.75 Å². The van der Waals surface area contributed by atoms with E-state index in [9.17, 15) is 0 Å². The fourth-order valence-corrected chi connectivity index (χ4v) is 2.60. The molecule has 0 spiro atoms. The molecule has 3 aromatic rings. The lowest BCUT2D eigenvalue weighted by Gasteiger charge is -1.90. The van der Waals surface area contributed by atoms with Crippen molar-refractivity contribution in [2.24, 2.45) is 0 Å². The third-order valence-corrected chi connectivity index (χ3v) is 4.00. The molecule has 0 saturated heterocycles. The van der Waals surface area contributed by atoms with Gasteiger partial charge in [-0.15, -0.1) is 5.10 Å². The summed E-state index contributed by atoms with van der Waals surface area (Å²) >= 11 is 1.54. The number of nitrogens with zero attached hydrogens (tertiary/aromatic N) is 3. The van der Waals surface area contributed by atoms with Gasteiger partial charge in [0.2, 0.25) is 10.9 Å². The second-order valence-electron chi connectivity index (χ2n) is 4.73. The fraction of sp³-hybridized carbons (Fsp3) is 0.308. The summed E-state index contributed by atoms with van der Waals surface area (Å²) in [4.78, 5) is 4.46. The van der Waals surface area contributed by atoms with Crippen LogP contribution in [0.1, 0.15) is 30.3 Å². The van der Waals surface area contributed by atoms with Crippen molar-refractivity contribution < 1.29 is 8.94 Å². The van der Waals surface area contributed by atoms with E-state index in [1.54, 1.807) is 18.0 Å². The Balaban J connectivity index is 1.41. The zero-order valence-corrected chi connectivity index (χ0v) is 11.4. The van der Waals surface area contributed by atoms with Crippen molar-refractivity contribution in [3.05, 3.63) is 36.0 Å². The van der Waals surface area contributed by atoms with Gasteiger partial charge in [0.1, 0.15) is 5.82 Å². The predicted octanol–water partition coefficient (Wildman–Crippen LogP) is 3.22. The molecule has 3 aromatic heterocycles. The Bertz CT molecular complexity index is 700. The number of rotatable bonds is 5. The number of nitrogens with one attached hydrogen (secondary N) is 1. The first-order valence-corrected chi connectivity index (χ1v) is 7.41. The molecule has 1 N–H and O–H groups in total. The van der Waals surface area contributed by atoms with Gasteiger partial charge in [-0.2, -0.15) is 0 Å². The van der Waals surface area contributed by atoms with Crippen LogP contribution < -0.4 is 0 Å². The minimum Gasteiger partial charge on any atom is -0.461 e. The van der Waals surface area contributed by atoms with Crippen LogP contribution in [0.25, 0.3) is 11.5 Å². The Kier molecular flexibility index (Phi) is 2.84. The second-order valence-corrected chi connectivity index (χ2v) is 5.67. The molecule has 6 nitrogen and oxygen atoms in total. The molecule has 20 heavy (non-hydrogen) atoms. The van der Waals surface area contributed by atoms with Gasteiger partial charge in [0, 0.05) is 17.7 Å². The number of furan rings is 1. The molecule has 1 aliphatic rings. The normalized spacial score (nSPS) is 14.8. The summed E-state index contributed by atoms with van der Waals surface area (Å²) in [6.07, 6.45) is 4.05. The maximum atomic E-state index is 5.26. The van der Waals surface area contributed by atoms with Crippen LogP contribution in [0, 0.1) is 0 Å². The van der Waals surface area contributed by atoms with E-state index in [4.69, 9.17) is 8.94 Å². The van der Waals surface area contributed by atoms with Gasteiger partial charge >= 0.3 is 0 Å². The Morgan fingerprint density at radius 1 is 1.35 bits per heavy atom. The van der Waals surface area contributed by atoms with Crippen molar-refractivity contribution in [2.75, 3.05) is 0 Å². The maximum absolute atomic E-state index is 5.26. The highest BCUT2D eigenvalue weighted by Gasteiger charge is 2.27. The van der Waals surface area contributed by atoms with Gasteiger partial charge in [-0.1, -0.05) is 16.9 Å². The Morgan fingerprint density at radius 3 is 3.10 bits per heavy atom. The van der Waals surface area contributed by atoms with Crippen molar-refractivity contribution in [1.29, 1.82) is 0 Å². The lowest BCUT2D eigenvalue weighted by Crippen LogP contribution is -1.82. The van der Waals surface area contributed by atoms with Crippen LogP contribution in [0.15, 0.2) is 38.6 Å². The van der Waals surface area contributed by atoms with Crippen LogP contribution in [0.5, 0.6) is 0 Å². The number of aromatic amines is 1. The zero-order valence-electron chi connectivity index (χ0n) is 10.6. The Morgan fingerprint density at radius 2 is 2.30 bits per heavy atom. The van der Waals surface area contributed by atoms with E-state index in [0.29, 0.717) is 23.2 Å². The van der Waals surface area contributed by atoms with Gasteiger partial charge in [0.15, 0.2) is 5.76 Å². The molecule has 3 heterocycles. The maximum Gasteiger partial charge on any atom is 0.208 e. The van der Waals surface area contributed by atoms with Crippen LogP contribution in [0.2, 0.25) is 0 Å². The fourth-order valence-electron chi connectivity index (χ4n) is 1.92. The lowest BCUT2D eigenvalue weighted by molar-refractivity contribution is 0.413. The number of hydrogen-bond donors (Lipinski definition) is 1. The molecule has 0 radical (unpaired) electrons. The van der Waals surface area contributed by atoms with Crippen LogP contribution in [-0.4, -0.2) is 20.3 Å². The lowest BCUT2D eigenvalue weighted by atomic mass is 10.3. The van der Waals surface area contributed by atoms with Crippen molar-refractivity contribution >= 4 is 11.8 Å². The topological polar surface area (TPSA) is 80.7 Å². The van der Waals surface area contributed by atoms with Crippen molar-refractivity contribution in [3.63, 3.8) is 0 Å². The molecule has 0 aromatic carbocycles. The Hall–Kier alpha value is -2.02. The highest BCUT2D eigenvalue weighted by molar-refractivity contribution is 7.98. The molecule has 1 fully saturated rings. The van der Waals surface area contributed by atoms with E-state index < -0.39 is 0 Å². The Labute approximate surface area is 118 Å². The van der Waals surface area contributed by atoms with Crippen LogP contribution in [0.4, 0.5) is 0 Å². The summed E-state index contributed by atoms with van der Waals surface area (Å²) in [6, 6.07) is 5.54. The summed E-state index contributed by atoms with van der Waals surface area (Å²) in [5, 5.41) is 12.0. The van der Waals surface area contributed by atoms with E-state index in [1.165, 1.54) is 12.8 Å². The predicted molar refractivity (Wildman–Crippen MR) is 72.1 cm³/mol. The van der Waals surface area contributed by atoms with E-state index in [2.05, 4.69) is 20.3 Å². The first-order chi connectivity index (χ1) is 9.88. The van der Waals surface area contributed by atoms with Crippen molar-refractivity contribution in [1.82, 2.24) is 20.3 Å². The highest BCUT2D eigenvalue weighted by Crippen LogP contribution is 2.38. The molecule has 0 amide bonds. The third-order valence-electron chi connectivity index (χ3n) is 3.12. The summed E-state index contributed by atoms with van der Waals surface area (Å²) in [5.74, 6) is 3.59. The highest BCUT2D eigenvalue weighted by atomic mass is 32.2. The first-order valence-electron chi connectivity index (χ1n) is 6.43. The summed E-state index contributed by atoms with van der Waals surface area (Å²) < 4.78 is 10.5. The molecule has 1 saturated carbocycles. The molecule has 1 aliphatic carbocycles. The minimum atomic E-state index is 0.592. The van der Waals surface area contributed by atoms with Gasteiger partial charge < -0.3 is 8.94 Å². The number of thioether (sulfide) groups is 1. The van der Waals surface area contributed by atoms with E-state index in [0.717, 1.165) is 16.7 Å². The number of H-pyrrole nitrogens is 1. The summed E-state index contributed by atoms with van der Waals surface area (Å²) in [7, 11) is 0. The van der Waals surface area contributed by atoms with E-state index in [-0.39, 0.29) is 0 Å². The molecule has 0 bridgehead atoms. The van der Waals surface area contributed by atoms with Crippen molar-refractivity contribution in [3.8, 4) is 11.5 Å². The van der Waals surface area contributed by atoms with E-state index >= 15 is 0 Å². The summed E-state index contributed by atoms with van der Waals surface area (Å²) in [5.41, 5.74) is 0.846. The standard InChI is InChI=1S/C13H12N4O2S/c1-2-10(18-5-1)11-6-9(17-19-11)7-20-13-14-12(15-16-13)8-3-4-8/h1-2,5-6,8H,3-4,7H2,(H,14,15,16). The van der Waals surface area contributed by atoms with Gasteiger partial charge in [0.05, 0.1) is 12.0 Å². The minimum absolute atomic E-state index is 0.592. The largest absolute Gasteiger partial charge is 0.461 e. The quantitative estimate of drug-likeness (QED) is 0.726. The molecule has 102 valence electrons. The molecule has 0 atom stereocenters. The number of aromatic nitrogens is 4. The van der Waals surface area contributed by atoms with Crippen LogP contribution in [0.3, 0.4) is 0 Å². The number of hydrogen-bond acceptors (Lipinski definition) is 6. The zero-order chi connectivity index (χ0) is 13.4. The monoisotopic (exact) mass is 288 g/mol. The first kappa shape index (κ1) is 11.8. The van der Waals surface area contributed by atoms with Crippen LogP contribution >= 0.6 is 11.8 Å².